The second kappa shape index (κ2) is 6.95. The Kier molecular flexibility index (Phi) is 5.26. The van der Waals surface area contributed by atoms with Crippen LogP contribution >= 0.6 is 11.6 Å². The van der Waals surface area contributed by atoms with Gasteiger partial charge in [-0.15, -0.1) is 0 Å². The number of benzene rings is 1. The zero-order valence-electron chi connectivity index (χ0n) is 11.7. The van der Waals surface area contributed by atoms with E-state index in [4.69, 9.17) is 22.1 Å². The second-order valence-corrected chi connectivity index (χ2v) is 5.52. The maximum absolute atomic E-state index is 12.1. The smallest absolute Gasteiger partial charge is 0.239 e. The number of hydrogen-bond acceptors (Lipinski definition) is 3. The fraction of sp³-hybridized carbons (Fsp3) is 0.533. The molecule has 1 saturated heterocycles. The van der Waals surface area contributed by atoms with Crippen LogP contribution in [-0.2, 0) is 4.79 Å². The molecule has 2 atom stereocenters. The van der Waals surface area contributed by atoms with Gasteiger partial charge in [0.1, 0.15) is 11.9 Å². The second-order valence-electron chi connectivity index (χ2n) is 5.11. The molecule has 1 fully saturated rings. The average Bonchev–Trinajstić information content (AvgIpc) is 2.48. The van der Waals surface area contributed by atoms with Crippen molar-refractivity contribution < 1.29 is 9.53 Å². The van der Waals surface area contributed by atoms with Crippen LogP contribution in [0.5, 0.6) is 5.75 Å². The molecule has 1 heterocycles. The zero-order valence-corrected chi connectivity index (χ0v) is 12.5. The predicted molar refractivity (Wildman–Crippen MR) is 79.9 cm³/mol. The van der Waals surface area contributed by atoms with Gasteiger partial charge in [-0.1, -0.05) is 30.7 Å². The summed E-state index contributed by atoms with van der Waals surface area (Å²) in [5.41, 5.74) is 5.82. The summed E-state index contributed by atoms with van der Waals surface area (Å²) in [6.07, 6.45) is 2.50. The van der Waals surface area contributed by atoms with Gasteiger partial charge in [0.25, 0.3) is 0 Å². The van der Waals surface area contributed by atoms with Crippen LogP contribution < -0.4 is 10.5 Å². The van der Waals surface area contributed by atoms with Crippen molar-refractivity contribution in [1.29, 1.82) is 0 Å². The monoisotopic (exact) mass is 296 g/mol. The van der Waals surface area contributed by atoms with E-state index in [1.54, 1.807) is 11.0 Å². The summed E-state index contributed by atoms with van der Waals surface area (Å²) >= 11 is 6.09. The van der Waals surface area contributed by atoms with Gasteiger partial charge >= 0.3 is 0 Å². The highest BCUT2D eigenvalue weighted by molar-refractivity contribution is 6.32. The number of rotatable bonds is 4. The molecule has 1 aliphatic rings. The van der Waals surface area contributed by atoms with Crippen molar-refractivity contribution in [2.75, 3.05) is 13.1 Å². The van der Waals surface area contributed by atoms with E-state index in [1.807, 2.05) is 25.1 Å². The Hall–Kier alpha value is -1.26. The first kappa shape index (κ1) is 15.1. The summed E-state index contributed by atoms with van der Waals surface area (Å²) in [5.74, 6) is 0.688. The molecule has 0 unspecified atom stereocenters. The number of likely N-dealkylation sites (tertiary alicyclic amines) is 1. The molecule has 5 heteroatoms. The lowest BCUT2D eigenvalue weighted by molar-refractivity contribution is -0.135. The molecule has 0 spiro atoms. The van der Waals surface area contributed by atoms with Crippen LogP contribution in [0.4, 0.5) is 0 Å². The van der Waals surface area contributed by atoms with E-state index in [2.05, 4.69) is 0 Å². The van der Waals surface area contributed by atoms with Crippen molar-refractivity contribution in [1.82, 2.24) is 4.90 Å². The molecule has 0 aliphatic carbocycles. The molecule has 1 aromatic rings. The normalized spacial score (nSPS) is 20.6. The molecule has 0 bridgehead atoms. The number of ether oxygens (including phenoxy) is 1. The number of halogens is 1. The van der Waals surface area contributed by atoms with Gasteiger partial charge in [0.15, 0.2) is 0 Å². The third-order valence-corrected chi connectivity index (χ3v) is 3.89. The number of amides is 1. The third-order valence-electron chi connectivity index (χ3n) is 3.58. The van der Waals surface area contributed by atoms with Gasteiger partial charge in [-0.3, -0.25) is 4.79 Å². The largest absolute Gasteiger partial charge is 0.487 e. The molecule has 0 saturated carbocycles. The molecule has 1 amide bonds. The minimum Gasteiger partial charge on any atom is -0.487 e. The van der Waals surface area contributed by atoms with Crippen molar-refractivity contribution in [2.24, 2.45) is 5.73 Å². The number of nitrogens with zero attached hydrogens (tertiary/aromatic N) is 1. The summed E-state index contributed by atoms with van der Waals surface area (Å²) in [6, 6.07) is 7.00. The standard InChI is InChI=1S/C15H21ClN2O2/c1-2-13(17)15(19)18-9-5-6-11(10-18)20-14-8-4-3-7-12(14)16/h3-4,7-8,11,13H,2,5-6,9-10,17H2,1H3/t11-,13-/m0/s1. The highest BCUT2D eigenvalue weighted by atomic mass is 35.5. The Morgan fingerprint density at radius 1 is 1.55 bits per heavy atom. The molecule has 0 radical (unpaired) electrons. The van der Waals surface area contributed by atoms with Crippen LogP contribution in [0, 0.1) is 0 Å². The van der Waals surface area contributed by atoms with Crippen molar-refractivity contribution >= 4 is 17.5 Å². The highest BCUT2D eigenvalue weighted by Gasteiger charge is 2.27. The molecule has 1 aromatic carbocycles. The van der Waals surface area contributed by atoms with Crippen LogP contribution in [-0.4, -0.2) is 36.0 Å². The van der Waals surface area contributed by atoms with Gasteiger partial charge in [-0.25, -0.2) is 0 Å². The van der Waals surface area contributed by atoms with Crippen LogP contribution in [0.2, 0.25) is 5.02 Å². The average molecular weight is 297 g/mol. The fourth-order valence-corrected chi connectivity index (χ4v) is 2.54. The lowest BCUT2D eigenvalue weighted by atomic mass is 10.1. The fourth-order valence-electron chi connectivity index (χ4n) is 2.36. The van der Waals surface area contributed by atoms with Crippen molar-refractivity contribution in [2.45, 2.75) is 38.3 Å². The maximum atomic E-state index is 12.1. The first-order chi connectivity index (χ1) is 9.61. The van der Waals surface area contributed by atoms with E-state index >= 15 is 0 Å². The number of piperidine rings is 1. The Morgan fingerprint density at radius 2 is 2.30 bits per heavy atom. The zero-order chi connectivity index (χ0) is 14.5. The molecule has 110 valence electrons. The molecule has 1 aliphatic heterocycles. The minimum atomic E-state index is -0.408. The van der Waals surface area contributed by atoms with E-state index in [9.17, 15) is 4.79 Å². The van der Waals surface area contributed by atoms with Crippen molar-refractivity contribution in [3.8, 4) is 5.75 Å². The summed E-state index contributed by atoms with van der Waals surface area (Å²) in [6.45, 7) is 3.26. The van der Waals surface area contributed by atoms with E-state index < -0.39 is 6.04 Å². The first-order valence-corrected chi connectivity index (χ1v) is 7.45. The van der Waals surface area contributed by atoms with Crippen LogP contribution in [0.15, 0.2) is 24.3 Å². The van der Waals surface area contributed by atoms with Gasteiger partial charge in [0, 0.05) is 6.54 Å². The SMILES string of the molecule is CC[C@H](N)C(=O)N1CCC[C@H](Oc2ccccc2Cl)C1. The Bertz CT molecular complexity index is 467. The minimum absolute atomic E-state index is 0.0139. The van der Waals surface area contributed by atoms with Gasteiger partial charge in [-0.2, -0.15) is 0 Å². The summed E-state index contributed by atoms with van der Waals surface area (Å²) in [4.78, 5) is 13.9. The molecule has 2 N–H and O–H groups in total. The summed E-state index contributed by atoms with van der Waals surface area (Å²) < 4.78 is 5.91. The molecule has 4 nitrogen and oxygen atoms in total. The topological polar surface area (TPSA) is 55.6 Å². The maximum Gasteiger partial charge on any atom is 0.239 e. The number of carbonyl (C=O) groups is 1. The summed E-state index contributed by atoms with van der Waals surface area (Å²) in [5, 5.41) is 0.598. The van der Waals surface area contributed by atoms with Gasteiger partial charge in [0.05, 0.1) is 17.6 Å². The Morgan fingerprint density at radius 3 is 3.00 bits per heavy atom. The van der Waals surface area contributed by atoms with Gasteiger partial charge in [0.2, 0.25) is 5.91 Å². The Labute approximate surface area is 124 Å². The van der Waals surface area contributed by atoms with Gasteiger partial charge in [-0.05, 0) is 31.4 Å². The molecular weight excluding hydrogens is 276 g/mol. The van der Waals surface area contributed by atoms with E-state index in [0.29, 0.717) is 23.7 Å². The third kappa shape index (κ3) is 3.64. The van der Waals surface area contributed by atoms with Gasteiger partial charge < -0.3 is 15.4 Å². The lowest BCUT2D eigenvalue weighted by Gasteiger charge is -2.34. The molecule has 0 aromatic heterocycles. The molecular formula is C15H21ClN2O2. The number of hydrogen-bond donors (Lipinski definition) is 1. The quantitative estimate of drug-likeness (QED) is 0.928. The highest BCUT2D eigenvalue weighted by Crippen LogP contribution is 2.26. The van der Waals surface area contributed by atoms with Crippen LogP contribution in [0.1, 0.15) is 26.2 Å². The number of carbonyl (C=O) groups excluding carboxylic acids is 1. The molecule has 20 heavy (non-hydrogen) atoms. The predicted octanol–water partition coefficient (Wildman–Crippen LogP) is 2.45. The molecule has 2 rings (SSSR count). The number of nitrogens with two attached hydrogens (primary N) is 1. The first-order valence-electron chi connectivity index (χ1n) is 7.07. The van der Waals surface area contributed by atoms with E-state index in [-0.39, 0.29) is 12.0 Å². The van der Waals surface area contributed by atoms with Crippen molar-refractivity contribution in [3.63, 3.8) is 0 Å². The number of para-hydroxylation sites is 1. The summed E-state index contributed by atoms with van der Waals surface area (Å²) in [7, 11) is 0. The van der Waals surface area contributed by atoms with Crippen LogP contribution in [0.25, 0.3) is 0 Å². The van der Waals surface area contributed by atoms with E-state index in [0.717, 1.165) is 19.4 Å². The van der Waals surface area contributed by atoms with Crippen LogP contribution in [0.3, 0.4) is 0 Å². The van der Waals surface area contributed by atoms with E-state index in [1.165, 1.54) is 0 Å². The lowest BCUT2D eigenvalue weighted by Crippen LogP contribution is -2.50. The Balaban J connectivity index is 1.97. The van der Waals surface area contributed by atoms with Crippen molar-refractivity contribution in [3.05, 3.63) is 29.3 Å².